The summed E-state index contributed by atoms with van der Waals surface area (Å²) in [6.07, 6.45) is 0.283. The van der Waals surface area contributed by atoms with Crippen molar-refractivity contribution in [2.75, 3.05) is 11.4 Å². The highest BCUT2D eigenvalue weighted by molar-refractivity contribution is 8.14. The summed E-state index contributed by atoms with van der Waals surface area (Å²) in [4.78, 5) is 39.6. The van der Waals surface area contributed by atoms with Gasteiger partial charge in [0.1, 0.15) is 4.88 Å². The van der Waals surface area contributed by atoms with Crippen LogP contribution in [0.25, 0.3) is 0 Å². The zero-order valence-corrected chi connectivity index (χ0v) is 12.0. The van der Waals surface area contributed by atoms with E-state index in [0.717, 1.165) is 23.1 Å². The predicted molar refractivity (Wildman–Crippen MR) is 72.8 cm³/mol. The Bertz CT molecular complexity index is 555. The highest BCUT2D eigenvalue weighted by atomic mass is 32.2. The molecule has 0 spiro atoms. The minimum atomic E-state index is -1.04. The molecule has 1 saturated heterocycles. The number of thiazole rings is 1. The fourth-order valence-electron chi connectivity index (χ4n) is 1.87. The van der Waals surface area contributed by atoms with Crippen LogP contribution in [-0.4, -0.2) is 38.9 Å². The van der Waals surface area contributed by atoms with E-state index < -0.39 is 5.97 Å². The molecule has 1 amide bonds. The van der Waals surface area contributed by atoms with Crippen molar-refractivity contribution >= 4 is 45.2 Å². The molecule has 19 heavy (non-hydrogen) atoms. The van der Waals surface area contributed by atoms with Crippen molar-refractivity contribution < 1.29 is 19.5 Å². The van der Waals surface area contributed by atoms with Gasteiger partial charge >= 0.3 is 5.97 Å². The van der Waals surface area contributed by atoms with Gasteiger partial charge in [0.25, 0.3) is 0 Å². The zero-order chi connectivity index (χ0) is 14.2. The second-order valence-corrected chi connectivity index (χ2v) is 6.61. The van der Waals surface area contributed by atoms with Crippen LogP contribution in [-0.2, 0) is 9.59 Å². The van der Waals surface area contributed by atoms with Gasteiger partial charge in [0.05, 0.1) is 5.69 Å². The minimum absolute atomic E-state index is 0.0267. The van der Waals surface area contributed by atoms with Crippen LogP contribution in [0.4, 0.5) is 5.13 Å². The van der Waals surface area contributed by atoms with E-state index in [1.165, 1.54) is 11.8 Å². The van der Waals surface area contributed by atoms with Crippen molar-refractivity contribution in [1.29, 1.82) is 0 Å². The number of hydrogen-bond acceptors (Lipinski definition) is 6. The lowest BCUT2D eigenvalue weighted by molar-refractivity contribution is -0.117. The van der Waals surface area contributed by atoms with Crippen molar-refractivity contribution in [3.63, 3.8) is 0 Å². The van der Waals surface area contributed by atoms with E-state index >= 15 is 0 Å². The third-order valence-corrected chi connectivity index (χ3v) is 4.78. The molecule has 0 aromatic carbocycles. The molecule has 6 nitrogen and oxygen atoms in total. The fourth-order valence-corrected chi connectivity index (χ4v) is 3.72. The van der Waals surface area contributed by atoms with Crippen molar-refractivity contribution in [3.8, 4) is 0 Å². The van der Waals surface area contributed by atoms with Gasteiger partial charge in [-0.15, -0.1) is 0 Å². The minimum Gasteiger partial charge on any atom is -0.477 e. The Balaban J connectivity index is 2.18. The lowest BCUT2D eigenvalue weighted by Gasteiger charge is -2.11. The largest absolute Gasteiger partial charge is 0.477 e. The molecule has 1 fully saturated rings. The van der Waals surface area contributed by atoms with E-state index in [0.29, 0.717) is 17.4 Å². The van der Waals surface area contributed by atoms with Gasteiger partial charge in [0.2, 0.25) is 5.91 Å². The number of hydrogen-bond donors (Lipinski definition) is 1. The number of nitrogens with zero attached hydrogens (tertiary/aromatic N) is 2. The van der Waals surface area contributed by atoms with Crippen LogP contribution in [0.15, 0.2) is 0 Å². The van der Waals surface area contributed by atoms with Gasteiger partial charge < -0.3 is 5.11 Å². The Kier molecular flexibility index (Phi) is 3.91. The van der Waals surface area contributed by atoms with Crippen molar-refractivity contribution in [3.05, 3.63) is 10.6 Å². The molecular formula is C11H12N2O4S2. The smallest absolute Gasteiger partial charge is 0.347 e. The first-order chi connectivity index (χ1) is 8.88. The molecule has 1 aromatic rings. The number of amides is 1. The molecule has 1 atom stereocenters. The summed E-state index contributed by atoms with van der Waals surface area (Å²) < 4.78 is 0. The number of aromatic carboxylic acids is 1. The van der Waals surface area contributed by atoms with E-state index in [1.54, 1.807) is 6.92 Å². The Morgan fingerprint density at radius 3 is 2.74 bits per heavy atom. The van der Waals surface area contributed by atoms with E-state index in [9.17, 15) is 14.4 Å². The summed E-state index contributed by atoms with van der Waals surface area (Å²) in [6, 6.07) is 0. The third-order valence-electron chi connectivity index (χ3n) is 2.63. The van der Waals surface area contributed by atoms with Crippen LogP contribution in [0.3, 0.4) is 0 Å². The SMILES string of the molecule is CC(=O)SC1CC(=O)N(c2nc(C)c(C(=O)O)s2)C1. The number of thioether (sulfide) groups is 1. The number of aryl methyl sites for hydroxylation is 1. The number of anilines is 1. The van der Waals surface area contributed by atoms with Crippen LogP contribution < -0.4 is 4.90 Å². The first-order valence-electron chi connectivity index (χ1n) is 5.56. The standard InChI is InChI=1S/C11H12N2O4S2/c1-5-9(10(16)17)19-11(12-5)13-4-7(3-8(13)15)18-6(2)14/h7H,3-4H2,1-2H3,(H,16,17). The molecule has 1 aliphatic rings. The molecule has 1 aromatic heterocycles. The first-order valence-corrected chi connectivity index (χ1v) is 7.26. The second-order valence-electron chi connectivity index (χ2n) is 4.16. The summed E-state index contributed by atoms with van der Waals surface area (Å²) in [5, 5.41) is 9.26. The number of carbonyl (C=O) groups is 3. The van der Waals surface area contributed by atoms with E-state index in [1.807, 2.05) is 0 Å². The Hall–Kier alpha value is -1.41. The van der Waals surface area contributed by atoms with E-state index in [-0.39, 0.29) is 27.6 Å². The number of aromatic nitrogens is 1. The zero-order valence-electron chi connectivity index (χ0n) is 10.4. The van der Waals surface area contributed by atoms with Crippen LogP contribution in [0.1, 0.15) is 28.7 Å². The number of carboxylic acid groups (broad SMARTS) is 1. The molecular weight excluding hydrogens is 288 g/mol. The average molecular weight is 300 g/mol. The predicted octanol–water partition coefficient (Wildman–Crippen LogP) is 1.53. The third kappa shape index (κ3) is 2.95. The molecule has 102 valence electrons. The second kappa shape index (κ2) is 5.30. The van der Waals surface area contributed by atoms with Gasteiger partial charge in [-0.05, 0) is 6.92 Å². The van der Waals surface area contributed by atoms with Gasteiger partial charge in [0.15, 0.2) is 10.2 Å². The Morgan fingerprint density at radius 1 is 1.53 bits per heavy atom. The summed E-state index contributed by atoms with van der Waals surface area (Å²) >= 11 is 2.13. The highest BCUT2D eigenvalue weighted by Crippen LogP contribution is 2.32. The van der Waals surface area contributed by atoms with Gasteiger partial charge in [0, 0.05) is 25.1 Å². The van der Waals surface area contributed by atoms with Gasteiger partial charge in [-0.2, -0.15) is 0 Å². The average Bonchev–Trinajstić information content (AvgIpc) is 2.81. The van der Waals surface area contributed by atoms with Gasteiger partial charge in [-0.3, -0.25) is 14.5 Å². The van der Waals surface area contributed by atoms with Crippen molar-refractivity contribution in [2.24, 2.45) is 0 Å². The van der Waals surface area contributed by atoms with Crippen LogP contribution in [0, 0.1) is 6.92 Å². The van der Waals surface area contributed by atoms with Crippen LogP contribution in [0.5, 0.6) is 0 Å². The molecule has 0 radical (unpaired) electrons. The van der Waals surface area contributed by atoms with Crippen molar-refractivity contribution in [2.45, 2.75) is 25.5 Å². The molecule has 1 unspecified atom stereocenters. The molecule has 0 bridgehead atoms. The van der Waals surface area contributed by atoms with E-state index in [4.69, 9.17) is 5.11 Å². The maximum Gasteiger partial charge on any atom is 0.347 e. The highest BCUT2D eigenvalue weighted by Gasteiger charge is 2.34. The van der Waals surface area contributed by atoms with Crippen LogP contribution >= 0.6 is 23.1 Å². The molecule has 2 heterocycles. The van der Waals surface area contributed by atoms with Gasteiger partial charge in [-0.1, -0.05) is 23.1 Å². The lowest BCUT2D eigenvalue weighted by atomic mass is 10.4. The van der Waals surface area contributed by atoms with Crippen molar-refractivity contribution in [1.82, 2.24) is 4.98 Å². The molecule has 1 aliphatic heterocycles. The summed E-state index contributed by atoms with van der Waals surface area (Å²) in [6.45, 7) is 3.47. The number of carbonyl (C=O) groups excluding carboxylic acids is 2. The van der Waals surface area contributed by atoms with Crippen LogP contribution in [0.2, 0.25) is 0 Å². The fraction of sp³-hybridized carbons (Fsp3) is 0.455. The van der Waals surface area contributed by atoms with E-state index in [2.05, 4.69) is 4.98 Å². The monoisotopic (exact) mass is 300 g/mol. The van der Waals surface area contributed by atoms with Gasteiger partial charge in [-0.25, -0.2) is 9.78 Å². The molecule has 2 rings (SSSR count). The molecule has 0 aliphatic carbocycles. The molecule has 0 saturated carbocycles. The Labute approximate surface area is 117 Å². The molecule has 1 N–H and O–H groups in total. The molecule has 8 heteroatoms. The summed E-state index contributed by atoms with van der Waals surface area (Å²) in [7, 11) is 0. The maximum atomic E-state index is 11.9. The topological polar surface area (TPSA) is 87.6 Å². The lowest BCUT2D eigenvalue weighted by Crippen LogP contribution is -2.24. The summed E-state index contributed by atoms with van der Waals surface area (Å²) in [5.41, 5.74) is 0.406. The Morgan fingerprint density at radius 2 is 2.21 bits per heavy atom. The summed E-state index contributed by atoms with van der Waals surface area (Å²) in [5.74, 6) is -1.16. The maximum absolute atomic E-state index is 11.9. The number of carboxylic acids is 1. The first kappa shape index (κ1) is 14.0. The normalized spacial score (nSPS) is 18.9. The quantitative estimate of drug-likeness (QED) is 0.911. The number of rotatable bonds is 3.